The molecule has 1 N–H and O–H groups in total. The Hall–Kier alpha value is -2.28. The van der Waals surface area contributed by atoms with E-state index in [2.05, 4.69) is 0 Å². The van der Waals surface area contributed by atoms with E-state index in [4.69, 9.17) is 9.47 Å². The minimum atomic E-state index is -1.02. The lowest BCUT2D eigenvalue weighted by molar-refractivity contribution is -0.727. The molecule has 1 aliphatic rings. The predicted molar refractivity (Wildman–Crippen MR) is 89.3 cm³/mol. The lowest BCUT2D eigenvalue weighted by Gasteiger charge is -2.27. The van der Waals surface area contributed by atoms with Gasteiger partial charge < -0.3 is 14.7 Å². The van der Waals surface area contributed by atoms with Crippen molar-refractivity contribution < 1.29 is 24.4 Å². The highest BCUT2D eigenvalue weighted by atomic mass is 16.8. The molecule has 1 aliphatic heterocycles. The summed E-state index contributed by atoms with van der Waals surface area (Å²) in [5.41, 5.74) is 0.201. The Morgan fingerprint density at radius 1 is 1.38 bits per heavy atom. The highest BCUT2D eigenvalue weighted by Gasteiger charge is 2.47. The van der Waals surface area contributed by atoms with Crippen LogP contribution in [0.15, 0.2) is 24.3 Å². The van der Waals surface area contributed by atoms with Crippen LogP contribution in [0, 0.1) is 5.21 Å². The number of nitrogens with zero attached hydrogens (tertiary/aromatic N) is 2. The Morgan fingerprint density at radius 3 is 2.62 bits per heavy atom. The fourth-order valence-corrected chi connectivity index (χ4v) is 2.48. The van der Waals surface area contributed by atoms with Crippen molar-refractivity contribution in [3.8, 4) is 0 Å². The minimum Gasteiger partial charge on any atom is -0.443 e. The zero-order chi connectivity index (χ0) is 17.9. The molecule has 132 valence electrons. The lowest BCUT2D eigenvalue weighted by atomic mass is 10.1. The highest BCUT2D eigenvalue weighted by molar-refractivity contribution is 6.16. The first-order valence-electron chi connectivity index (χ1n) is 8.02. The monoisotopic (exact) mass is 336 g/mol. The summed E-state index contributed by atoms with van der Waals surface area (Å²) in [6, 6.07) is 6.82. The Kier molecular flexibility index (Phi) is 5.33. The molecule has 0 saturated heterocycles. The molecule has 0 unspecified atom stereocenters. The van der Waals surface area contributed by atoms with Crippen molar-refractivity contribution in [2.45, 2.75) is 52.4 Å². The topological polar surface area (TPSA) is 85.1 Å². The first-order chi connectivity index (χ1) is 11.3. The second kappa shape index (κ2) is 7.09. The van der Waals surface area contributed by atoms with Gasteiger partial charge in [0.2, 0.25) is 6.23 Å². The predicted octanol–water partition coefficient (Wildman–Crippen LogP) is 3.27. The Bertz CT molecular complexity index is 632. The number of benzene rings is 1. The normalized spacial score (nSPS) is 19.2. The van der Waals surface area contributed by atoms with Crippen LogP contribution in [-0.4, -0.2) is 40.4 Å². The van der Waals surface area contributed by atoms with Gasteiger partial charge in [0.05, 0.1) is 11.3 Å². The largest absolute Gasteiger partial charge is 0.443 e. The van der Waals surface area contributed by atoms with Gasteiger partial charge in [-0.25, -0.2) is 9.69 Å². The third kappa shape index (κ3) is 3.79. The van der Waals surface area contributed by atoms with Crippen molar-refractivity contribution in [3.05, 3.63) is 35.0 Å². The number of carbonyl (C=O) groups excluding carboxylic acids is 1. The van der Waals surface area contributed by atoms with E-state index in [1.807, 2.05) is 6.92 Å². The number of anilines is 1. The van der Waals surface area contributed by atoms with Gasteiger partial charge in [-0.2, -0.15) is 0 Å². The molecule has 7 nitrogen and oxygen atoms in total. The number of rotatable bonds is 4. The molecule has 0 bridgehead atoms. The number of ether oxygens (including phenoxy) is 2. The molecule has 0 aromatic heterocycles. The Morgan fingerprint density at radius 2 is 2.04 bits per heavy atom. The zero-order valence-corrected chi connectivity index (χ0v) is 14.5. The van der Waals surface area contributed by atoms with Crippen LogP contribution in [0.25, 0.3) is 0 Å². The van der Waals surface area contributed by atoms with E-state index < -0.39 is 17.9 Å². The average molecular weight is 336 g/mol. The molecule has 7 heteroatoms. The Labute approximate surface area is 141 Å². The third-order valence-electron chi connectivity index (χ3n) is 3.48. The van der Waals surface area contributed by atoms with Gasteiger partial charge in [0.15, 0.2) is 0 Å². The number of fused-ring (bicyclic) bond motifs is 1. The molecule has 2 rings (SSSR count). The lowest BCUT2D eigenvalue weighted by Crippen LogP contribution is -2.46. The van der Waals surface area contributed by atoms with Gasteiger partial charge >= 0.3 is 11.8 Å². The standard InChI is InChI=1S/C17H24N2O5/c1-5-6-11-23-15-14(19(21)22)12-9-7-8-10-13(12)18(15)16(20)24-17(2,3)4/h7-10,15H,5-6,11H2,1-4H3,(H,21,22)/t15-/m1/s1. The van der Waals surface area contributed by atoms with Gasteiger partial charge in [-0.1, -0.05) is 25.5 Å². The van der Waals surface area contributed by atoms with Crippen LogP contribution >= 0.6 is 0 Å². The summed E-state index contributed by atoms with van der Waals surface area (Å²) in [6.45, 7) is 7.64. The summed E-state index contributed by atoms with van der Waals surface area (Å²) in [7, 11) is 0. The molecule has 24 heavy (non-hydrogen) atoms. The van der Waals surface area contributed by atoms with E-state index in [1.165, 1.54) is 4.90 Å². The maximum atomic E-state index is 12.6. The van der Waals surface area contributed by atoms with E-state index in [-0.39, 0.29) is 10.6 Å². The van der Waals surface area contributed by atoms with Crippen LogP contribution < -0.4 is 4.90 Å². The SMILES string of the molecule is CCCCO[C@@H]1/C(=[N+](\[O-])O)c2ccccc2N1C(=O)OC(C)(C)C. The van der Waals surface area contributed by atoms with E-state index in [0.29, 0.717) is 17.9 Å². The quantitative estimate of drug-likeness (QED) is 0.395. The van der Waals surface area contributed by atoms with Crippen molar-refractivity contribution in [1.82, 2.24) is 0 Å². The molecule has 0 aliphatic carbocycles. The molecule has 1 atom stereocenters. The average Bonchev–Trinajstić information content (AvgIpc) is 2.80. The molecule has 0 spiro atoms. The van der Waals surface area contributed by atoms with Crippen LogP contribution in [0.5, 0.6) is 0 Å². The van der Waals surface area contributed by atoms with Gasteiger partial charge in [-0.3, -0.25) is 5.21 Å². The number of para-hydroxylation sites is 1. The molecule has 0 radical (unpaired) electrons. The van der Waals surface area contributed by atoms with Gasteiger partial charge in [-0.05, 0) is 39.3 Å². The maximum Gasteiger partial charge on any atom is 0.417 e. The summed E-state index contributed by atoms with van der Waals surface area (Å²) < 4.78 is 11.2. The third-order valence-corrected chi connectivity index (χ3v) is 3.48. The second-order valence-corrected chi connectivity index (χ2v) is 6.60. The zero-order valence-electron chi connectivity index (χ0n) is 14.5. The maximum absolute atomic E-state index is 12.6. The summed E-state index contributed by atoms with van der Waals surface area (Å²) >= 11 is 0. The summed E-state index contributed by atoms with van der Waals surface area (Å²) in [4.78, 5) is 13.7. The molecule has 1 amide bonds. The van der Waals surface area contributed by atoms with E-state index in [9.17, 15) is 15.2 Å². The Balaban J connectivity index is 2.43. The van der Waals surface area contributed by atoms with Crippen LogP contribution in [-0.2, 0) is 9.47 Å². The number of amides is 1. The van der Waals surface area contributed by atoms with Gasteiger partial charge in [0.25, 0.3) is 0 Å². The van der Waals surface area contributed by atoms with Gasteiger partial charge in [0.1, 0.15) is 5.60 Å². The molecule has 1 aromatic carbocycles. The first-order valence-corrected chi connectivity index (χ1v) is 8.02. The molecule has 1 heterocycles. The molecular weight excluding hydrogens is 312 g/mol. The number of hydrogen-bond donors (Lipinski definition) is 1. The number of carbonyl (C=O) groups is 1. The van der Waals surface area contributed by atoms with Crippen LogP contribution in [0.1, 0.15) is 46.1 Å². The van der Waals surface area contributed by atoms with Gasteiger partial charge in [-0.15, -0.1) is 0 Å². The first kappa shape index (κ1) is 18.1. The summed E-state index contributed by atoms with van der Waals surface area (Å²) in [5, 5.41) is 21.2. The van der Waals surface area contributed by atoms with Crippen molar-refractivity contribution in [3.63, 3.8) is 0 Å². The van der Waals surface area contributed by atoms with Crippen LogP contribution in [0.3, 0.4) is 0 Å². The van der Waals surface area contributed by atoms with Crippen LogP contribution in [0.2, 0.25) is 0 Å². The minimum absolute atomic E-state index is 0.0208. The molecular formula is C17H24N2O5. The fourth-order valence-electron chi connectivity index (χ4n) is 2.48. The smallest absolute Gasteiger partial charge is 0.417 e. The molecule has 0 saturated carbocycles. The van der Waals surface area contributed by atoms with Crippen molar-refractivity contribution in [2.75, 3.05) is 11.5 Å². The second-order valence-electron chi connectivity index (χ2n) is 6.60. The van der Waals surface area contributed by atoms with Gasteiger partial charge in [0, 0.05) is 11.5 Å². The molecule has 1 aromatic rings. The summed E-state index contributed by atoms with van der Waals surface area (Å²) in [5.74, 6) is 0. The van der Waals surface area contributed by atoms with Crippen LogP contribution in [0.4, 0.5) is 10.5 Å². The molecule has 0 fully saturated rings. The highest BCUT2D eigenvalue weighted by Crippen LogP contribution is 2.34. The number of unbranched alkanes of at least 4 members (excludes halogenated alkanes) is 1. The van der Waals surface area contributed by atoms with Crippen molar-refractivity contribution >= 4 is 17.5 Å². The van der Waals surface area contributed by atoms with Crippen molar-refractivity contribution in [1.29, 1.82) is 0 Å². The fraction of sp³-hybridized carbons (Fsp3) is 0.529. The summed E-state index contributed by atoms with van der Waals surface area (Å²) in [6.07, 6.45) is 0.0217. The number of hydrogen-bond acceptors (Lipinski definition) is 5. The van der Waals surface area contributed by atoms with E-state index in [0.717, 1.165) is 12.8 Å². The van der Waals surface area contributed by atoms with E-state index in [1.54, 1.807) is 45.0 Å². The van der Waals surface area contributed by atoms with Crippen molar-refractivity contribution in [2.24, 2.45) is 0 Å². The van der Waals surface area contributed by atoms with E-state index >= 15 is 0 Å².